The summed E-state index contributed by atoms with van der Waals surface area (Å²) in [7, 11) is 3.59. The number of amides is 3. The lowest BCUT2D eigenvalue weighted by molar-refractivity contribution is -0.133. The van der Waals surface area contributed by atoms with E-state index in [9.17, 15) is 9.59 Å². The Morgan fingerprint density at radius 1 is 1.19 bits per heavy atom. The number of imide groups is 1. The summed E-state index contributed by atoms with van der Waals surface area (Å²) in [6.07, 6.45) is 0.743. The summed E-state index contributed by atoms with van der Waals surface area (Å²) in [5.74, 6) is 1.47. The molecule has 168 valence electrons. The van der Waals surface area contributed by atoms with Gasteiger partial charge < -0.3 is 24.4 Å². The van der Waals surface area contributed by atoms with Gasteiger partial charge in [-0.15, -0.1) is 0 Å². The van der Waals surface area contributed by atoms with Crippen LogP contribution in [0.2, 0.25) is 0 Å². The Hall–Kier alpha value is -3.33. The fourth-order valence-corrected chi connectivity index (χ4v) is 4.49. The number of benzene rings is 1. The first-order chi connectivity index (χ1) is 15.5. The van der Waals surface area contributed by atoms with Crippen molar-refractivity contribution in [3.05, 3.63) is 36.4 Å². The monoisotopic (exact) mass is 438 g/mol. The molecule has 2 fully saturated rings. The van der Waals surface area contributed by atoms with Crippen LogP contribution in [0.4, 0.5) is 4.79 Å². The molecule has 4 heterocycles. The molecule has 0 bridgehead atoms. The van der Waals surface area contributed by atoms with Gasteiger partial charge in [0.25, 0.3) is 5.91 Å². The zero-order valence-electron chi connectivity index (χ0n) is 18.2. The molecule has 1 aromatic heterocycles. The van der Waals surface area contributed by atoms with Crippen molar-refractivity contribution < 1.29 is 23.8 Å². The van der Waals surface area contributed by atoms with Gasteiger partial charge in [0.05, 0.1) is 19.3 Å². The van der Waals surface area contributed by atoms with E-state index in [2.05, 4.69) is 15.2 Å². The lowest BCUT2D eigenvalue weighted by Crippen LogP contribution is -2.54. The Bertz CT molecular complexity index is 1050. The minimum atomic E-state index is -0.799. The van der Waals surface area contributed by atoms with Crippen molar-refractivity contribution in [2.24, 2.45) is 0 Å². The molecule has 0 radical (unpaired) electrons. The lowest BCUT2D eigenvalue weighted by Gasteiger charge is -2.35. The summed E-state index contributed by atoms with van der Waals surface area (Å²) in [5.41, 5.74) is 0.646. The highest BCUT2D eigenvalue weighted by Gasteiger charge is 2.52. The highest BCUT2D eigenvalue weighted by atomic mass is 16.6. The molecule has 3 aliphatic heterocycles. The second kappa shape index (κ2) is 7.98. The Balaban J connectivity index is 1.36. The van der Waals surface area contributed by atoms with E-state index >= 15 is 0 Å². The fraction of sp³-hybridized carbons (Fsp3) is 0.435. The number of nitrogens with zero attached hydrogens (tertiary/aromatic N) is 3. The zero-order chi connectivity index (χ0) is 22.3. The van der Waals surface area contributed by atoms with Crippen molar-refractivity contribution in [2.45, 2.75) is 24.5 Å². The number of methoxy groups -OCH3 is 1. The molecule has 3 amide bonds. The number of hydrogen-bond acceptors (Lipinski definition) is 7. The van der Waals surface area contributed by atoms with Crippen molar-refractivity contribution in [3.63, 3.8) is 0 Å². The van der Waals surface area contributed by atoms with Crippen LogP contribution in [-0.2, 0) is 4.79 Å². The highest BCUT2D eigenvalue weighted by Crippen LogP contribution is 2.41. The summed E-state index contributed by atoms with van der Waals surface area (Å²) < 4.78 is 17.4. The van der Waals surface area contributed by atoms with Gasteiger partial charge in [0, 0.05) is 24.7 Å². The summed E-state index contributed by atoms with van der Waals surface area (Å²) in [6, 6.07) is 10.7. The number of carbonyl (C=O) groups is 2. The van der Waals surface area contributed by atoms with Gasteiger partial charge in [0.15, 0.2) is 17.6 Å². The van der Waals surface area contributed by atoms with Crippen LogP contribution in [0.15, 0.2) is 36.4 Å². The molecular weight excluding hydrogens is 412 g/mol. The van der Waals surface area contributed by atoms with Crippen LogP contribution in [0.25, 0.3) is 11.3 Å². The topological polar surface area (TPSA) is 93.2 Å². The van der Waals surface area contributed by atoms with E-state index < -0.39 is 11.6 Å². The first-order valence-corrected chi connectivity index (χ1v) is 10.8. The van der Waals surface area contributed by atoms with Gasteiger partial charge in [0.2, 0.25) is 5.88 Å². The molecule has 1 spiro atoms. The average molecular weight is 438 g/mol. The molecule has 9 heteroatoms. The summed E-state index contributed by atoms with van der Waals surface area (Å²) in [5, 5.41) is 2.94. The number of likely N-dealkylation sites (tertiary alicyclic amines) is 1. The largest absolute Gasteiger partial charge is 0.486 e. The molecule has 0 aliphatic carbocycles. The van der Waals surface area contributed by atoms with Crippen LogP contribution in [0.5, 0.6) is 17.4 Å². The Kier molecular flexibility index (Phi) is 5.13. The van der Waals surface area contributed by atoms with Crippen LogP contribution < -0.4 is 19.5 Å². The van der Waals surface area contributed by atoms with E-state index in [4.69, 9.17) is 14.2 Å². The molecule has 3 aliphatic rings. The number of aromatic nitrogens is 1. The number of carbonyl (C=O) groups excluding carboxylic acids is 2. The van der Waals surface area contributed by atoms with Crippen LogP contribution in [0.1, 0.15) is 12.8 Å². The van der Waals surface area contributed by atoms with Gasteiger partial charge in [-0.1, -0.05) is 12.1 Å². The third-order valence-electron chi connectivity index (χ3n) is 6.37. The van der Waals surface area contributed by atoms with Crippen molar-refractivity contribution in [1.82, 2.24) is 20.1 Å². The van der Waals surface area contributed by atoms with E-state index in [1.54, 1.807) is 13.2 Å². The molecule has 32 heavy (non-hydrogen) atoms. The number of piperidine rings is 1. The maximum absolute atomic E-state index is 13.2. The number of urea groups is 1. The number of fused-ring (bicyclic) bond motifs is 1. The highest BCUT2D eigenvalue weighted by molar-refractivity contribution is 6.07. The normalized spacial score (nSPS) is 22.2. The summed E-state index contributed by atoms with van der Waals surface area (Å²) in [4.78, 5) is 33.8. The quantitative estimate of drug-likeness (QED) is 0.729. The first kappa shape index (κ1) is 20.6. The standard InChI is InChI=1S/C23H26N4O5/c1-26-11-9-23(10-12-26)21(28)27(22(29)25-23)13-15-14-31-18-7-3-5-16(20(18)32-15)17-6-4-8-19(24-17)30-2/h3-8,15H,9-14H2,1-2H3,(H,25,29). The summed E-state index contributed by atoms with van der Waals surface area (Å²) >= 11 is 0. The van der Waals surface area contributed by atoms with E-state index in [1.807, 2.05) is 37.4 Å². The lowest BCUT2D eigenvalue weighted by atomic mass is 9.87. The minimum Gasteiger partial charge on any atom is -0.486 e. The third kappa shape index (κ3) is 3.52. The third-order valence-corrected chi connectivity index (χ3v) is 6.37. The van der Waals surface area contributed by atoms with Crippen molar-refractivity contribution in [1.29, 1.82) is 0 Å². The second-order valence-corrected chi connectivity index (χ2v) is 8.48. The fourth-order valence-electron chi connectivity index (χ4n) is 4.49. The maximum atomic E-state index is 13.2. The zero-order valence-corrected chi connectivity index (χ0v) is 18.2. The van der Waals surface area contributed by atoms with Gasteiger partial charge in [-0.05, 0) is 38.1 Å². The smallest absolute Gasteiger partial charge is 0.325 e. The first-order valence-electron chi connectivity index (χ1n) is 10.8. The molecule has 2 aromatic rings. The summed E-state index contributed by atoms with van der Waals surface area (Å²) in [6.45, 7) is 1.91. The average Bonchev–Trinajstić information content (AvgIpc) is 3.04. The van der Waals surface area contributed by atoms with Gasteiger partial charge in [-0.2, -0.15) is 0 Å². The van der Waals surface area contributed by atoms with E-state index in [1.165, 1.54) is 4.90 Å². The predicted octanol–water partition coefficient (Wildman–Crippen LogP) is 1.91. The van der Waals surface area contributed by atoms with Crippen molar-refractivity contribution in [3.8, 4) is 28.6 Å². The van der Waals surface area contributed by atoms with Crippen LogP contribution in [0.3, 0.4) is 0 Å². The maximum Gasteiger partial charge on any atom is 0.325 e. The van der Waals surface area contributed by atoms with Gasteiger partial charge >= 0.3 is 6.03 Å². The number of pyridine rings is 1. The Morgan fingerprint density at radius 2 is 1.97 bits per heavy atom. The SMILES string of the molecule is COc1cccc(-c2cccc3c2OC(CN2C(=O)NC4(CCN(C)CC4)C2=O)CO3)n1. The molecule has 0 saturated carbocycles. The van der Waals surface area contributed by atoms with Crippen molar-refractivity contribution >= 4 is 11.9 Å². The Labute approximate surface area is 186 Å². The van der Waals surface area contributed by atoms with Crippen LogP contribution in [0, 0.1) is 0 Å². The number of rotatable bonds is 4. The van der Waals surface area contributed by atoms with E-state index in [-0.39, 0.29) is 25.1 Å². The van der Waals surface area contributed by atoms with Crippen LogP contribution >= 0.6 is 0 Å². The van der Waals surface area contributed by atoms with E-state index in [0.717, 1.165) is 18.7 Å². The number of ether oxygens (including phenoxy) is 3. The molecule has 1 atom stereocenters. The molecule has 5 rings (SSSR count). The minimum absolute atomic E-state index is 0.127. The van der Waals surface area contributed by atoms with Crippen LogP contribution in [-0.4, -0.2) is 78.8 Å². The molecule has 1 N–H and O–H groups in total. The number of para-hydroxylation sites is 1. The van der Waals surface area contributed by atoms with Gasteiger partial charge in [-0.25, -0.2) is 9.78 Å². The molecule has 1 unspecified atom stereocenters. The van der Waals surface area contributed by atoms with Gasteiger partial charge in [0.1, 0.15) is 12.1 Å². The molecule has 9 nitrogen and oxygen atoms in total. The van der Waals surface area contributed by atoms with Crippen molar-refractivity contribution in [2.75, 3.05) is 40.4 Å². The molecular formula is C23H26N4O5. The molecule has 2 saturated heterocycles. The second-order valence-electron chi connectivity index (χ2n) is 8.48. The number of nitrogens with one attached hydrogen (secondary N) is 1. The van der Waals surface area contributed by atoms with E-state index in [0.29, 0.717) is 35.9 Å². The number of hydrogen-bond donors (Lipinski definition) is 1. The predicted molar refractivity (Wildman–Crippen MR) is 116 cm³/mol. The molecule has 1 aromatic carbocycles. The van der Waals surface area contributed by atoms with Gasteiger partial charge in [-0.3, -0.25) is 9.69 Å². The Morgan fingerprint density at radius 3 is 2.75 bits per heavy atom.